The number of nitrogens with zero attached hydrogens (tertiary/aromatic N) is 1. The van der Waals surface area contributed by atoms with E-state index in [0.717, 1.165) is 5.56 Å². The molecule has 7 nitrogen and oxygen atoms in total. The molecule has 3 rings (SSSR count). The quantitative estimate of drug-likeness (QED) is 0.680. The molecule has 7 heteroatoms. The maximum atomic E-state index is 12.2. The van der Waals surface area contributed by atoms with Gasteiger partial charge in [0.2, 0.25) is 0 Å². The second-order valence-corrected chi connectivity index (χ2v) is 5.50. The van der Waals surface area contributed by atoms with Crippen molar-refractivity contribution >= 4 is 16.8 Å². The van der Waals surface area contributed by atoms with Crippen molar-refractivity contribution < 1.29 is 9.53 Å². The molecule has 0 saturated heterocycles. The first-order chi connectivity index (χ1) is 12.1. The van der Waals surface area contributed by atoms with Crippen LogP contribution >= 0.6 is 0 Å². The summed E-state index contributed by atoms with van der Waals surface area (Å²) in [7, 11) is 1.49. The van der Waals surface area contributed by atoms with Gasteiger partial charge in [0.25, 0.3) is 11.5 Å². The summed E-state index contributed by atoms with van der Waals surface area (Å²) in [5, 5.41) is 3.05. The Kier molecular flexibility index (Phi) is 4.76. The van der Waals surface area contributed by atoms with Gasteiger partial charge in [0.05, 0.1) is 17.4 Å². The summed E-state index contributed by atoms with van der Waals surface area (Å²) in [4.78, 5) is 38.5. The van der Waals surface area contributed by atoms with E-state index in [4.69, 9.17) is 4.74 Å². The molecule has 0 saturated carbocycles. The number of benzene rings is 2. The van der Waals surface area contributed by atoms with E-state index < -0.39 is 11.2 Å². The fraction of sp³-hybridized carbons (Fsp3) is 0.167. The summed E-state index contributed by atoms with van der Waals surface area (Å²) in [5.41, 5.74) is 0.883. The van der Waals surface area contributed by atoms with Crippen LogP contribution in [-0.4, -0.2) is 29.3 Å². The lowest BCUT2D eigenvalue weighted by molar-refractivity contribution is 0.0872. The fourth-order valence-electron chi connectivity index (χ4n) is 2.63. The number of nitrogens with one attached hydrogen (secondary N) is 2. The predicted molar refractivity (Wildman–Crippen MR) is 93.7 cm³/mol. The minimum Gasteiger partial charge on any atom is -0.364 e. The van der Waals surface area contributed by atoms with Gasteiger partial charge in [-0.3, -0.25) is 19.1 Å². The van der Waals surface area contributed by atoms with Crippen molar-refractivity contribution in [3.63, 3.8) is 0 Å². The average Bonchev–Trinajstić information content (AvgIpc) is 2.63. The van der Waals surface area contributed by atoms with Gasteiger partial charge in [-0.05, 0) is 29.8 Å². The van der Waals surface area contributed by atoms with Gasteiger partial charge < -0.3 is 10.1 Å². The zero-order valence-corrected chi connectivity index (χ0v) is 13.6. The van der Waals surface area contributed by atoms with Crippen molar-refractivity contribution in [1.82, 2.24) is 14.9 Å². The third kappa shape index (κ3) is 3.51. The predicted octanol–water partition coefficient (Wildman–Crippen LogP) is 1.07. The molecule has 1 heterocycles. The fourth-order valence-corrected chi connectivity index (χ4v) is 2.63. The second-order valence-electron chi connectivity index (χ2n) is 5.50. The Hall–Kier alpha value is -3.19. The SMILES string of the molecule is COCNC(=O)c1cccc(Cn2c(=O)[nH]c(=O)c3ccccc32)c1. The van der Waals surface area contributed by atoms with Gasteiger partial charge in [-0.15, -0.1) is 0 Å². The van der Waals surface area contributed by atoms with Crippen molar-refractivity contribution in [2.75, 3.05) is 13.8 Å². The van der Waals surface area contributed by atoms with Gasteiger partial charge in [0.15, 0.2) is 0 Å². The van der Waals surface area contributed by atoms with Crippen LogP contribution in [0.1, 0.15) is 15.9 Å². The first kappa shape index (κ1) is 16.7. The summed E-state index contributed by atoms with van der Waals surface area (Å²) < 4.78 is 6.30. The summed E-state index contributed by atoms with van der Waals surface area (Å²) in [6.07, 6.45) is 0. The smallest absolute Gasteiger partial charge is 0.329 e. The van der Waals surface area contributed by atoms with Crippen molar-refractivity contribution in [3.8, 4) is 0 Å². The highest BCUT2D eigenvalue weighted by atomic mass is 16.5. The second kappa shape index (κ2) is 7.14. The third-order valence-corrected chi connectivity index (χ3v) is 3.81. The molecule has 0 radical (unpaired) electrons. The van der Waals surface area contributed by atoms with Crippen LogP contribution in [0.2, 0.25) is 0 Å². The average molecular weight is 339 g/mol. The van der Waals surface area contributed by atoms with Crippen LogP contribution in [0.15, 0.2) is 58.1 Å². The molecule has 0 aliphatic rings. The van der Waals surface area contributed by atoms with E-state index in [0.29, 0.717) is 16.5 Å². The Balaban J connectivity index is 1.99. The van der Waals surface area contributed by atoms with E-state index in [1.54, 1.807) is 42.5 Å². The van der Waals surface area contributed by atoms with E-state index in [1.165, 1.54) is 11.7 Å². The van der Waals surface area contributed by atoms with Gasteiger partial charge in [0, 0.05) is 12.7 Å². The van der Waals surface area contributed by atoms with Crippen molar-refractivity contribution in [2.24, 2.45) is 0 Å². The number of carbonyl (C=O) groups excluding carboxylic acids is 1. The van der Waals surface area contributed by atoms with Crippen molar-refractivity contribution in [2.45, 2.75) is 6.54 Å². The number of hydrogen-bond donors (Lipinski definition) is 2. The largest absolute Gasteiger partial charge is 0.364 e. The lowest BCUT2D eigenvalue weighted by atomic mass is 10.1. The van der Waals surface area contributed by atoms with Gasteiger partial charge in [0.1, 0.15) is 6.73 Å². The van der Waals surface area contributed by atoms with Crippen molar-refractivity contribution in [1.29, 1.82) is 0 Å². The number of hydrogen-bond acceptors (Lipinski definition) is 4. The molecule has 2 N–H and O–H groups in total. The number of fused-ring (bicyclic) bond motifs is 1. The molecular formula is C18H17N3O4. The lowest BCUT2D eigenvalue weighted by Crippen LogP contribution is -2.30. The molecule has 0 aliphatic heterocycles. The van der Waals surface area contributed by atoms with E-state index >= 15 is 0 Å². The topological polar surface area (TPSA) is 93.2 Å². The number of rotatable bonds is 5. The maximum Gasteiger partial charge on any atom is 0.329 e. The lowest BCUT2D eigenvalue weighted by Gasteiger charge is -2.10. The highest BCUT2D eigenvalue weighted by Crippen LogP contribution is 2.11. The van der Waals surface area contributed by atoms with Crippen LogP contribution in [0.5, 0.6) is 0 Å². The number of methoxy groups -OCH3 is 1. The number of aromatic nitrogens is 2. The Morgan fingerprint density at radius 2 is 1.96 bits per heavy atom. The molecule has 128 valence electrons. The van der Waals surface area contributed by atoms with Gasteiger partial charge >= 0.3 is 5.69 Å². The first-order valence-electron chi connectivity index (χ1n) is 7.68. The molecule has 0 fully saturated rings. The Bertz CT molecular complexity index is 1040. The van der Waals surface area contributed by atoms with Crippen LogP contribution in [0.3, 0.4) is 0 Å². The standard InChI is InChI=1S/C18H17N3O4/c1-25-11-19-16(22)13-6-4-5-12(9-13)10-21-15-8-3-2-7-14(15)17(23)20-18(21)24/h2-9H,10-11H2,1H3,(H,19,22)(H,20,23,24). The first-order valence-corrected chi connectivity index (χ1v) is 7.68. The minimum atomic E-state index is -0.488. The molecule has 1 aromatic heterocycles. The molecule has 1 amide bonds. The van der Waals surface area contributed by atoms with Gasteiger partial charge in [-0.1, -0.05) is 24.3 Å². The summed E-state index contributed by atoms with van der Waals surface area (Å²) in [5.74, 6) is -0.262. The molecule has 0 atom stereocenters. The minimum absolute atomic E-state index is 0.118. The van der Waals surface area contributed by atoms with Crippen LogP contribution in [0.4, 0.5) is 0 Å². The number of carbonyl (C=O) groups is 1. The molecule has 0 aliphatic carbocycles. The Labute approximate surface area is 142 Å². The number of H-pyrrole nitrogens is 1. The van der Waals surface area contributed by atoms with Gasteiger partial charge in [-0.25, -0.2) is 4.79 Å². The Morgan fingerprint density at radius 3 is 2.76 bits per heavy atom. The highest BCUT2D eigenvalue weighted by molar-refractivity contribution is 5.94. The molecule has 2 aromatic carbocycles. The zero-order chi connectivity index (χ0) is 17.8. The molecule has 25 heavy (non-hydrogen) atoms. The van der Waals surface area contributed by atoms with Crippen LogP contribution in [-0.2, 0) is 11.3 Å². The van der Waals surface area contributed by atoms with E-state index in [1.807, 2.05) is 6.07 Å². The molecule has 0 bridgehead atoms. The molecular weight excluding hydrogens is 322 g/mol. The van der Waals surface area contributed by atoms with Crippen LogP contribution < -0.4 is 16.6 Å². The molecule has 0 spiro atoms. The number of para-hydroxylation sites is 1. The number of ether oxygens (including phenoxy) is 1. The van der Waals surface area contributed by atoms with E-state index in [9.17, 15) is 14.4 Å². The maximum absolute atomic E-state index is 12.2. The highest BCUT2D eigenvalue weighted by Gasteiger charge is 2.09. The van der Waals surface area contributed by atoms with Gasteiger partial charge in [-0.2, -0.15) is 0 Å². The number of aromatic amines is 1. The molecule has 0 unspecified atom stereocenters. The normalized spacial score (nSPS) is 10.8. The summed E-state index contributed by atoms with van der Waals surface area (Å²) >= 11 is 0. The van der Waals surface area contributed by atoms with Crippen LogP contribution in [0.25, 0.3) is 10.9 Å². The summed E-state index contributed by atoms with van der Waals surface area (Å²) in [6, 6.07) is 13.9. The number of amides is 1. The van der Waals surface area contributed by atoms with Crippen LogP contribution in [0, 0.1) is 0 Å². The van der Waals surface area contributed by atoms with Crippen molar-refractivity contribution in [3.05, 3.63) is 80.5 Å². The molecule has 3 aromatic rings. The Morgan fingerprint density at radius 1 is 1.16 bits per heavy atom. The van der Waals surface area contributed by atoms with E-state index in [2.05, 4.69) is 10.3 Å². The third-order valence-electron chi connectivity index (χ3n) is 3.81. The summed E-state index contributed by atoms with van der Waals surface area (Å²) in [6.45, 7) is 0.356. The van der Waals surface area contributed by atoms with E-state index in [-0.39, 0.29) is 19.2 Å². The monoisotopic (exact) mass is 339 g/mol. The zero-order valence-electron chi connectivity index (χ0n) is 13.6.